The SMILES string of the molecule is CCOC(=O)c1ccc(N)c(OC2CCN(C)C2)c1. The summed E-state index contributed by atoms with van der Waals surface area (Å²) in [5.41, 5.74) is 6.90. The zero-order valence-electron chi connectivity index (χ0n) is 11.4. The summed E-state index contributed by atoms with van der Waals surface area (Å²) in [7, 11) is 2.06. The Bertz CT molecular complexity index is 462. The molecule has 0 amide bonds. The highest BCUT2D eigenvalue weighted by molar-refractivity contribution is 5.90. The summed E-state index contributed by atoms with van der Waals surface area (Å²) in [4.78, 5) is 13.9. The normalized spacial score (nSPS) is 19.4. The molecule has 0 aromatic heterocycles. The number of anilines is 1. The molecule has 19 heavy (non-hydrogen) atoms. The van der Waals surface area contributed by atoms with Gasteiger partial charge in [0.2, 0.25) is 0 Å². The number of benzene rings is 1. The number of carbonyl (C=O) groups excluding carboxylic acids is 1. The Morgan fingerprint density at radius 1 is 1.53 bits per heavy atom. The third kappa shape index (κ3) is 3.38. The molecule has 1 unspecified atom stereocenters. The van der Waals surface area contributed by atoms with E-state index in [1.165, 1.54) is 0 Å². The van der Waals surface area contributed by atoms with E-state index in [9.17, 15) is 4.79 Å². The molecule has 1 aromatic carbocycles. The van der Waals surface area contributed by atoms with Crippen LogP contribution in [0.5, 0.6) is 5.75 Å². The fourth-order valence-electron chi connectivity index (χ4n) is 2.15. The Morgan fingerprint density at radius 3 is 2.95 bits per heavy atom. The third-order valence-electron chi connectivity index (χ3n) is 3.17. The lowest BCUT2D eigenvalue weighted by Crippen LogP contribution is -2.22. The van der Waals surface area contributed by atoms with E-state index in [2.05, 4.69) is 11.9 Å². The van der Waals surface area contributed by atoms with Crippen molar-refractivity contribution in [1.29, 1.82) is 0 Å². The minimum Gasteiger partial charge on any atom is -0.487 e. The summed E-state index contributed by atoms with van der Waals surface area (Å²) in [6, 6.07) is 4.99. The molecule has 0 bridgehead atoms. The van der Waals surface area contributed by atoms with Crippen LogP contribution in [0, 0.1) is 0 Å². The Balaban J connectivity index is 2.10. The van der Waals surface area contributed by atoms with Crippen molar-refractivity contribution in [2.75, 3.05) is 32.5 Å². The zero-order valence-corrected chi connectivity index (χ0v) is 11.4. The van der Waals surface area contributed by atoms with Crippen molar-refractivity contribution >= 4 is 11.7 Å². The molecule has 1 aliphatic rings. The van der Waals surface area contributed by atoms with E-state index in [1.807, 2.05) is 0 Å². The number of nitrogens with zero attached hydrogens (tertiary/aromatic N) is 1. The topological polar surface area (TPSA) is 64.8 Å². The average molecular weight is 264 g/mol. The maximum atomic E-state index is 11.7. The number of carbonyl (C=O) groups is 1. The van der Waals surface area contributed by atoms with Gasteiger partial charge in [-0.1, -0.05) is 0 Å². The molecule has 0 aliphatic carbocycles. The number of esters is 1. The van der Waals surface area contributed by atoms with Gasteiger partial charge < -0.3 is 20.1 Å². The van der Waals surface area contributed by atoms with E-state index in [4.69, 9.17) is 15.2 Å². The molecule has 1 fully saturated rings. The van der Waals surface area contributed by atoms with Crippen LogP contribution in [0.1, 0.15) is 23.7 Å². The Kier molecular flexibility index (Phi) is 4.27. The number of likely N-dealkylation sites (N-methyl/N-ethyl adjacent to an activating group) is 1. The maximum Gasteiger partial charge on any atom is 0.338 e. The molecule has 1 atom stereocenters. The van der Waals surface area contributed by atoms with Crippen molar-refractivity contribution in [3.8, 4) is 5.75 Å². The summed E-state index contributed by atoms with van der Waals surface area (Å²) < 4.78 is 10.8. The molecular weight excluding hydrogens is 244 g/mol. The fraction of sp³-hybridized carbons (Fsp3) is 0.500. The first kappa shape index (κ1) is 13.7. The molecule has 0 saturated carbocycles. The molecule has 5 nitrogen and oxygen atoms in total. The van der Waals surface area contributed by atoms with Crippen LogP contribution in [0.4, 0.5) is 5.69 Å². The molecule has 0 spiro atoms. The number of likely N-dealkylation sites (tertiary alicyclic amines) is 1. The van der Waals surface area contributed by atoms with Crippen LogP contribution < -0.4 is 10.5 Å². The second-order valence-corrected chi connectivity index (χ2v) is 4.76. The number of rotatable bonds is 4. The van der Waals surface area contributed by atoms with Gasteiger partial charge in [-0.3, -0.25) is 0 Å². The van der Waals surface area contributed by atoms with Gasteiger partial charge in [-0.05, 0) is 38.6 Å². The molecular formula is C14H20N2O3. The molecule has 2 N–H and O–H groups in total. The van der Waals surface area contributed by atoms with Gasteiger partial charge in [-0.25, -0.2) is 4.79 Å². The summed E-state index contributed by atoms with van der Waals surface area (Å²) >= 11 is 0. The number of ether oxygens (including phenoxy) is 2. The number of nitrogen functional groups attached to an aromatic ring is 1. The van der Waals surface area contributed by atoms with Crippen LogP contribution in [0.15, 0.2) is 18.2 Å². The maximum absolute atomic E-state index is 11.7. The lowest BCUT2D eigenvalue weighted by molar-refractivity contribution is 0.0525. The summed E-state index contributed by atoms with van der Waals surface area (Å²) in [6.45, 7) is 4.03. The molecule has 0 radical (unpaired) electrons. The summed E-state index contributed by atoms with van der Waals surface area (Å²) in [6.07, 6.45) is 1.10. The van der Waals surface area contributed by atoms with E-state index >= 15 is 0 Å². The molecule has 2 rings (SSSR count). The smallest absolute Gasteiger partial charge is 0.338 e. The van der Waals surface area contributed by atoms with Crippen molar-refractivity contribution in [2.45, 2.75) is 19.4 Å². The minimum absolute atomic E-state index is 0.129. The van der Waals surface area contributed by atoms with Gasteiger partial charge in [0.1, 0.15) is 11.9 Å². The van der Waals surface area contributed by atoms with Gasteiger partial charge in [0, 0.05) is 13.1 Å². The number of nitrogens with two attached hydrogens (primary N) is 1. The van der Waals surface area contributed by atoms with Crippen LogP contribution in [0.2, 0.25) is 0 Å². The van der Waals surface area contributed by atoms with E-state index < -0.39 is 0 Å². The minimum atomic E-state index is -0.351. The standard InChI is InChI=1S/C14H20N2O3/c1-3-18-14(17)10-4-5-12(15)13(8-10)19-11-6-7-16(2)9-11/h4-5,8,11H,3,6-7,9,15H2,1-2H3. The molecule has 104 valence electrons. The molecule has 5 heteroatoms. The van der Waals surface area contributed by atoms with Crippen molar-refractivity contribution in [3.05, 3.63) is 23.8 Å². The van der Waals surface area contributed by atoms with Gasteiger partial charge in [0.05, 0.1) is 17.9 Å². The van der Waals surface area contributed by atoms with Crippen LogP contribution in [-0.4, -0.2) is 43.7 Å². The third-order valence-corrected chi connectivity index (χ3v) is 3.17. The van der Waals surface area contributed by atoms with Gasteiger partial charge in [-0.2, -0.15) is 0 Å². The Hall–Kier alpha value is -1.75. The highest BCUT2D eigenvalue weighted by Gasteiger charge is 2.22. The predicted octanol–water partition coefficient (Wildman–Crippen LogP) is 1.53. The lowest BCUT2D eigenvalue weighted by atomic mass is 10.2. The van der Waals surface area contributed by atoms with E-state index in [0.717, 1.165) is 19.5 Å². The van der Waals surface area contributed by atoms with E-state index in [-0.39, 0.29) is 12.1 Å². The van der Waals surface area contributed by atoms with Crippen LogP contribution >= 0.6 is 0 Å². The fourth-order valence-corrected chi connectivity index (χ4v) is 2.15. The largest absolute Gasteiger partial charge is 0.487 e. The molecule has 1 heterocycles. The van der Waals surface area contributed by atoms with Crippen molar-refractivity contribution < 1.29 is 14.3 Å². The van der Waals surface area contributed by atoms with Crippen molar-refractivity contribution in [3.63, 3.8) is 0 Å². The highest BCUT2D eigenvalue weighted by Crippen LogP contribution is 2.26. The molecule has 1 aromatic rings. The average Bonchev–Trinajstić information content (AvgIpc) is 2.78. The number of hydrogen-bond donors (Lipinski definition) is 1. The van der Waals surface area contributed by atoms with E-state index in [0.29, 0.717) is 23.6 Å². The van der Waals surface area contributed by atoms with Gasteiger partial charge in [-0.15, -0.1) is 0 Å². The van der Waals surface area contributed by atoms with Crippen LogP contribution in [-0.2, 0) is 4.74 Å². The molecule has 1 aliphatic heterocycles. The monoisotopic (exact) mass is 264 g/mol. The lowest BCUT2D eigenvalue weighted by Gasteiger charge is -2.16. The van der Waals surface area contributed by atoms with Gasteiger partial charge in [0.15, 0.2) is 0 Å². The first-order valence-corrected chi connectivity index (χ1v) is 6.52. The van der Waals surface area contributed by atoms with E-state index in [1.54, 1.807) is 25.1 Å². The Labute approximate surface area is 113 Å². The predicted molar refractivity (Wildman–Crippen MR) is 73.3 cm³/mol. The highest BCUT2D eigenvalue weighted by atomic mass is 16.5. The van der Waals surface area contributed by atoms with Gasteiger partial charge in [0.25, 0.3) is 0 Å². The van der Waals surface area contributed by atoms with Crippen molar-refractivity contribution in [1.82, 2.24) is 4.90 Å². The summed E-state index contributed by atoms with van der Waals surface area (Å²) in [5.74, 6) is 0.210. The second-order valence-electron chi connectivity index (χ2n) is 4.76. The second kappa shape index (κ2) is 5.93. The first-order valence-electron chi connectivity index (χ1n) is 6.52. The van der Waals surface area contributed by atoms with Crippen LogP contribution in [0.3, 0.4) is 0 Å². The quantitative estimate of drug-likeness (QED) is 0.660. The van der Waals surface area contributed by atoms with Gasteiger partial charge >= 0.3 is 5.97 Å². The number of hydrogen-bond acceptors (Lipinski definition) is 5. The van der Waals surface area contributed by atoms with Crippen molar-refractivity contribution in [2.24, 2.45) is 0 Å². The summed E-state index contributed by atoms with van der Waals surface area (Å²) in [5, 5.41) is 0. The zero-order chi connectivity index (χ0) is 13.8. The first-order chi connectivity index (χ1) is 9.10. The Morgan fingerprint density at radius 2 is 2.32 bits per heavy atom. The molecule has 1 saturated heterocycles. The van der Waals surface area contributed by atoms with Crippen LogP contribution in [0.25, 0.3) is 0 Å².